The molecule has 5 heteroatoms. The monoisotopic (exact) mass is 405 g/mol. The quantitative estimate of drug-likeness (QED) is 0.310. The SMILES string of the molecule is Cc1cccc2c(-c3nc4c5cccnc5c5ncccc5c4[nH]3)c(C(C)(C)C)[nH]c12. The Morgan fingerprint density at radius 3 is 2.13 bits per heavy atom. The molecule has 0 aliphatic heterocycles. The number of nitrogens with one attached hydrogen (secondary N) is 2. The molecule has 0 unspecified atom stereocenters. The average molecular weight is 406 g/mol. The third kappa shape index (κ3) is 2.53. The normalized spacial score (nSPS) is 12.5. The van der Waals surface area contributed by atoms with E-state index >= 15 is 0 Å². The summed E-state index contributed by atoms with van der Waals surface area (Å²) < 4.78 is 0. The molecule has 6 aromatic rings. The summed E-state index contributed by atoms with van der Waals surface area (Å²) in [6.07, 6.45) is 3.63. The molecule has 0 spiro atoms. The summed E-state index contributed by atoms with van der Waals surface area (Å²) in [5.41, 5.74) is 8.36. The Balaban J connectivity index is 1.79. The summed E-state index contributed by atoms with van der Waals surface area (Å²) in [6, 6.07) is 14.5. The Bertz CT molecular complexity index is 1560. The topological polar surface area (TPSA) is 70.2 Å². The highest BCUT2D eigenvalue weighted by molar-refractivity contribution is 6.21. The molecule has 31 heavy (non-hydrogen) atoms. The lowest BCUT2D eigenvalue weighted by molar-refractivity contribution is 0.575. The van der Waals surface area contributed by atoms with Gasteiger partial charge in [0.25, 0.3) is 0 Å². The summed E-state index contributed by atoms with van der Waals surface area (Å²) in [4.78, 5) is 21.8. The Hall–Kier alpha value is -3.73. The van der Waals surface area contributed by atoms with Crippen molar-refractivity contribution in [2.24, 2.45) is 0 Å². The van der Waals surface area contributed by atoms with Crippen LogP contribution in [0.15, 0.2) is 54.9 Å². The van der Waals surface area contributed by atoms with Crippen molar-refractivity contribution in [3.05, 3.63) is 66.1 Å². The molecule has 2 N–H and O–H groups in total. The Morgan fingerprint density at radius 1 is 0.710 bits per heavy atom. The van der Waals surface area contributed by atoms with E-state index in [9.17, 15) is 0 Å². The molecule has 2 aromatic carbocycles. The van der Waals surface area contributed by atoms with Gasteiger partial charge in [-0.05, 0) is 36.8 Å². The predicted molar refractivity (Wildman–Crippen MR) is 127 cm³/mol. The van der Waals surface area contributed by atoms with Gasteiger partial charge in [-0.1, -0.05) is 39.0 Å². The maximum Gasteiger partial charge on any atom is 0.141 e. The molecule has 0 aliphatic carbocycles. The van der Waals surface area contributed by atoms with Gasteiger partial charge in [-0.3, -0.25) is 9.97 Å². The molecule has 152 valence electrons. The maximum atomic E-state index is 5.14. The van der Waals surface area contributed by atoms with Crippen molar-refractivity contribution >= 4 is 43.7 Å². The van der Waals surface area contributed by atoms with E-state index in [-0.39, 0.29) is 5.41 Å². The molecule has 0 fully saturated rings. The number of para-hydroxylation sites is 1. The second-order valence-corrected chi connectivity index (χ2v) is 9.23. The second kappa shape index (κ2) is 6.14. The first-order valence-electron chi connectivity index (χ1n) is 10.6. The molecule has 0 atom stereocenters. The van der Waals surface area contributed by atoms with Gasteiger partial charge in [-0.15, -0.1) is 0 Å². The number of benzene rings is 2. The number of nitrogens with zero attached hydrogens (tertiary/aromatic N) is 3. The van der Waals surface area contributed by atoms with Crippen molar-refractivity contribution in [3.63, 3.8) is 0 Å². The van der Waals surface area contributed by atoms with Crippen LogP contribution in [0.2, 0.25) is 0 Å². The lowest BCUT2D eigenvalue weighted by Gasteiger charge is -2.18. The fourth-order valence-electron chi connectivity index (χ4n) is 4.63. The van der Waals surface area contributed by atoms with Gasteiger partial charge in [0.2, 0.25) is 0 Å². The van der Waals surface area contributed by atoms with E-state index in [1.54, 1.807) is 0 Å². The van der Waals surface area contributed by atoms with Gasteiger partial charge >= 0.3 is 0 Å². The van der Waals surface area contributed by atoms with Crippen LogP contribution in [0.5, 0.6) is 0 Å². The zero-order valence-corrected chi connectivity index (χ0v) is 18.0. The number of fused-ring (bicyclic) bond motifs is 7. The van der Waals surface area contributed by atoms with E-state index in [0.29, 0.717) is 0 Å². The number of pyridine rings is 2. The predicted octanol–water partition coefficient (Wildman–Crippen LogP) is 6.41. The zero-order chi connectivity index (χ0) is 21.3. The van der Waals surface area contributed by atoms with Crippen molar-refractivity contribution in [2.75, 3.05) is 0 Å². The van der Waals surface area contributed by atoms with Crippen molar-refractivity contribution in [2.45, 2.75) is 33.1 Å². The van der Waals surface area contributed by atoms with Crippen LogP contribution < -0.4 is 0 Å². The molecule has 6 rings (SSSR count). The summed E-state index contributed by atoms with van der Waals surface area (Å²) in [6.45, 7) is 8.85. The molecule has 4 heterocycles. The number of H-pyrrole nitrogens is 2. The van der Waals surface area contributed by atoms with E-state index in [4.69, 9.17) is 4.98 Å². The Morgan fingerprint density at radius 2 is 1.39 bits per heavy atom. The van der Waals surface area contributed by atoms with Gasteiger partial charge in [0.15, 0.2) is 0 Å². The second-order valence-electron chi connectivity index (χ2n) is 9.23. The molecule has 4 aromatic heterocycles. The van der Waals surface area contributed by atoms with Crippen LogP contribution in [0.3, 0.4) is 0 Å². The van der Waals surface area contributed by atoms with Crippen molar-refractivity contribution in [1.29, 1.82) is 0 Å². The first kappa shape index (κ1) is 18.1. The van der Waals surface area contributed by atoms with E-state index < -0.39 is 0 Å². The molecule has 0 radical (unpaired) electrons. The molecule has 5 nitrogen and oxygen atoms in total. The molecule has 0 aliphatic rings. The smallest absolute Gasteiger partial charge is 0.141 e. The van der Waals surface area contributed by atoms with Crippen LogP contribution in [0.25, 0.3) is 55.1 Å². The van der Waals surface area contributed by atoms with E-state index in [2.05, 4.69) is 78.0 Å². The summed E-state index contributed by atoms with van der Waals surface area (Å²) >= 11 is 0. The third-order valence-electron chi connectivity index (χ3n) is 6.10. The first-order chi connectivity index (χ1) is 14.9. The van der Waals surface area contributed by atoms with Gasteiger partial charge < -0.3 is 9.97 Å². The Labute approximate surface area is 179 Å². The number of rotatable bonds is 1. The van der Waals surface area contributed by atoms with Gasteiger partial charge in [0, 0.05) is 50.7 Å². The van der Waals surface area contributed by atoms with Gasteiger partial charge in [-0.2, -0.15) is 0 Å². The summed E-state index contributed by atoms with van der Waals surface area (Å²) in [7, 11) is 0. The highest BCUT2D eigenvalue weighted by Gasteiger charge is 2.26. The highest BCUT2D eigenvalue weighted by Crippen LogP contribution is 2.40. The number of aromatic amines is 2. The number of aromatic nitrogens is 5. The van der Waals surface area contributed by atoms with Gasteiger partial charge in [0.05, 0.1) is 22.1 Å². The minimum Gasteiger partial charge on any atom is -0.357 e. The van der Waals surface area contributed by atoms with Crippen molar-refractivity contribution in [1.82, 2.24) is 24.9 Å². The van der Waals surface area contributed by atoms with Crippen LogP contribution >= 0.6 is 0 Å². The van der Waals surface area contributed by atoms with Crippen LogP contribution in [0, 0.1) is 6.92 Å². The van der Waals surface area contributed by atoms with Gasteiger partial charge in [-0.25, -0.2) is 4.98 Å². The fourth-order valence-corrected chi connectivity index (χ4v) is 4.63. The number of aryl methyl sites for hydroxylation is 1. The molecule has 0 saturated carbocycles. The average Bonchev–Trinajstić information content (AvgIpc) is 3.37. The largest absolute Gasteiger partial charge is 0.357 e. The minimum absolute atomic E-state index is 0.0625. The van der Waals surface area contributed by atoms with Crippen LogP contribution in [0.1, 0.15) is 32.0 Å². The highest BCUT2D eigenvalue weighted by atomic mass is 14.9. The molecular formula is C26H23N5. The molecule has 0 saturated heterocycles. The first-order valence-corrected chi connectivity index (χ1v) is 10.6. The van der Waals surface area contributed by atoms with Crippen LogP contribution in [0.4, 0.5) is 0 Å². The standard InChI is InChI=1S/C26H23N5/c1-14-8-5-9-15-18(24(26(2,3)4)29-19(14)15)25-30-22-16-10-6-12-27-20(16)21-17(23(22)31-25)11-7-13-28-21/h5-13,29H,1-4H3,(H,30,31). The maximum absolute atomic E-state index is 5.14. The zero-order valence-electron chi connectivity index (χ0n) is 18.0. The third-order valence-corrected chi connectivity index (χ3v) is 6.10. The molecule has 0 bridgehead atoms. The van der Waals surface area contributed by atoms with E-state index in [1.807, 2.05) is 24.5 Å². The Kier molecular flexibility index (Phi) is 3.58. The summed E-state index contributed by atoms with van der Waals surface area (Å²) in [5.74, 6) is 0.873. The van der Waals surface area contributed by atoms with E-state index in [1.165, 1.54) is 22.2 Å². The number of hydrogen-bond acceptors (Lipinski definition) is 3. The number of hydrogen-bond donors (Lipinski definition) is 2. The fraction of sp³-hybridized carbons (Fsp3) is 0.192. The van der Waals surface area contributed by atoms with E-state index in [0.717, 1.165) is 44.2 Å². The van der Waals surface area contributed by atoms with Crippen LogP contribution in [-0.4, -0.2) is 24.9 Å². The summed E-state index contributed by atoms with van der Waals surface area (Å²) in [5, 5.41) is 3.24. The minimum atomic E-state index is -0.0625. The van der Waals surface area contributed by atoms with Crippen LogP contribution in [-0.2, 0) is 5.41 Å². The lowest BCUT2D eigenvalue weighted by atomic mass is 9.88. The van der Waals surface area contributed by atoms with Crippen molar-refractivity contribution in [3.8, 4) is 11.4 Å². The molecule has 0 amide bonds. The molecular weight excluding hydrogens is 382 g/mol. The lowest BCUT2D eigenvalue weighted by Crippen LogP contribution is -2.13. The van der Waals surface area contributed by atoms with Gasteiger partial charge in [0.1, 0.15) is 5.82 Å². The number of imidazole rings is 1. The van der Waals surface area contributed by atoms with Crippen molar-refractivity contribution < 1.29 is 0 Å².